The molecule has 1 heterocycles. The van der Waals surface area contributed by atoms with Crippen molar-refractivity contribution in [1.82, 2.24) is 10.3 Å². The van der Waals surface area contributed by atoms with Gasteiger partial charge in [-0.2, -0.15) is 0 Å². The van der Waals surface area contributed by atoms with Gasteiger partial charge in [-0.1, -0.05) is 60.7 Å². The van der Waals surface area contributed by atoms with E-state index in [0.717, 1.165) is 16.8 Å². The lowest BCUT2D eigenvalue weighted by molar-refractivity contribution is -0.121. The molecule has 3 aromatic rings. The number of carbonyl (C=O) groups excluding carboxylic acids is 1. The second-order valence-electron chi connectivity index (χ2n) is 5.65. The summed E-state index contributed by atoms with van der Waals surface area (Å²) in [6.45, 7) is 2.34. The van der Waals surface area contributed by atoms with E-state index in [1.165, 1.54) is 0 Å². The summed E-state index contributed by atoms with van der Waals surface area (Å²) in [7, 11) is 0. The molecule has 122 valence electrons. The molecule has 0 unspecified atom stereocenters. The maximum absolute atomic E-state index is 12.8. The van der Waals surface area contributed by atoms with E-state index in [1.54, 1.807) is 6.26 Å². The van der Waals surface area contributed by atoms with Crippen molar-refractivity contribution < 1.29 is 9.21 Å². The van der Waals surface area contributed by atoms with Gasteiger partial charge in [0, 0.05) is 19.9 Å². The Morgan fingerprint density at radius 2 is 1.62 bits per heavy atom. The minimum Gasteiger partial charge on any atom is -0.449 e. The van der Waals surface area contributed by atoms with Gasteiger partial charge in [0.15, 0.2) is 5.89 Å². The van der Waals surface area contributed by atoms with Crippen LogP contribution in [0, 0.1) is 6.92 Å². The van der Waals surface area contributed by atoms with E-state index in [-0.39, 0.29) is 11.8 Å². The zero-order valence-corrected chi connectivity index (χ0v) is 13.6. The molecule has 3 rings (SSSR count). The van der Waals surface area contributed by atoms with Gasteiger partial charge in [0.05, 0.1) is 11.6 Å². The number of carbonyl (C=O) groups is 1. The Hall–Kier alpha value is -2.88. The zero-order valence-electron chi connectivity index (χ0n) is 13.6. The lowest BCUT2D eigenvalue weighted by Crippen LogP contribution is -2.31. The third kappa shape index (κ3) is 3.90. The second-order valence-corrected chi connectivity index (χ2v) is 5.65. The van der Waals surface area contributed by atoms with Crippen LogP contribution in [0.2, 0.25) is 0 Å². The van der Waals surface area contributed by atoms with E-state index in [2.05, 4.69) is 10.3 Å². The lowest BCUT2D eigenvalue weighted by Gasteiger charge is -2.17. The molecule has 0 fully saturated rings. The molecule has 24 heavy (non-hydrogen) atoms. The Bertz CT molecular complexity index is 742. The van der Waals surface area contributed by atoms with Gasteiger partial charge in [-0.25, -0.2) is 4.98 Å². The first-order valence-corrected chi connectivity index (χ1v) is 8.02. The molecule has 4 nitrogen and oxygen atoms in total. The normalized spacial score (nSPS) is 10.8. The van der Waals surface area contributed by atoms with Crippen LogP contribution in [0.3, 0.4) is 0 Å². The highest BCUT2D eigenvalue weighted by atomic mass is 16.3. The molecule has 0 radical (unpaired) electrons. The molecule has 0 aliphatic carbocycles. The summed E-state index contributed by atoms with van der Waals surface area (Å²) in [4.78, 5) is 17.0. The van der Waals surface area contributed by atoms with E-state index < -0.39 is 0 Å². The van der Waals surface area contributed by atoms with Gasteiger partial charge in [0.1, 0.15) is 6.26 Å². The van der Waals surface area contributed by atoms with E-state index in [9.17, 15) is 4.79 Å². The van der Waals surface area contributed by atoms with Crippen molar-refractivity contribution in [3.63, 3.8) is 0 Å². The van der Waals surface area contributed by atoms with Crippen molar-refractivity contribution >= 4 is 5.91 Å². The summed E-state index contributed by atoms with van der Waals surface area (Å²) in [5.74, 6) is 0.321. The molecule has 0 saturated carbocycles. The molecule has 1 N–H and O–H groups in total. The fraction of sp³-hybridized carbons (Fsp3) is 0.200. The summed E-state index contributed by atoms with van der Waals surface area (Å²) in [6.07, 6.45) is 2.28. The predicted octanol–water partition coefficient (Wildman–Crippen LogP) is 3.47. The van der Waals surface area contributed by atoms with Gasteiger partial charge in [-0.3, -0.25) is 4.79 Å². The van der Waals surface area contributed by atoms with Crippen LogP contribution in [-0.2, 0) is 11.2 Å². The van der Waals surface area contributed by atoms with Gasteiger partial charge in [-0.05, 0) is 11.1 Å². The van der Waals surface area contributed by atoms with Crippen molar-refractivity contribution in [3.8, 4) is 0 Å². The van der Waals surface area contributed by atoms with Crippen molar-refractivity contribution in [2.45, 2.75) is 19.3 Å². The molecule has 1 amide bonds. The van der Waals surface area contributed by atoms with Crippen LogP contribution in [0.15, 0.2) is 71.3 Å². The van der Waals surface area contributed by atoms with Crippen molar-refractivity contribution in [3.05, 3.63) is 89.6 Å². The third-order valence-corrected chi connectivity index (χ3v) is 3.87. The molecule has 4 heteroatoms. The van der Waals surface area contributed by atoms with Crippen LogP contribution >= 0.6 is 0 Å². The highest BCUT2D eigenvalue weighted by Crippen LogP contribution is 2.24. The molecule has 0 bridgehead atoms. The number of nitrogens with one attached hydrogen (secondary N) is 1. The summed E-state index contributed by atoms with van der Waals surface area (Å²) < 4.78 is 5.18. The second kappa shape index (κ2) is 7.59. The van der Waals surface area contributed by atoms with Crippen molar-refractivity contribution in [1.29, 1.82) is 0 Å². The van der Waals surface area contributed by atoms with Crippen LogP contribution < -0.4 is 5.32 Å². The molecule has 0 atom stereocenters. The van der Waals surface area contributed by atoms with Crippen LogP contribution in [0.1, 0.15) is 28.6 Å². The van der Waals surface area contributed by atoms with Gasteiger partial charge in [0.25, 0.3) is 0 Å². The smallest absolute Gasteiger partial charge is 0.232 e. The van der Waals surface area contributed by atoms with E-state index in [1.807, 2.05) is 67.6 Å². The highest BCUT2D eigenvalue weighted by Gasteiger charge is 2.22. The first-order chi connectivity index (χ1) is 11.7. The largest absolute Gasteiger partial charge is 0.449 e. The van der Waals surface area contributed by atoms with Crippen molar-refractivity contribution in [2.75, 3.05) is 6.54 Å². The predicted molar refractivity (Wildman–Crippen MR) is 92.7 cm³/mol. The van der Waals surface area contributed by atoms with Gasteiger partial charge in [0.2, 0.25) is 5.91 Å². The van der Waals surface area contributed by atoms with E-state index in [0.29, 0.717) is 18.9 Å². The Kier molecular flexibility index (Phi) is 5.06. The SMILES string of the molecule is Cc1nc(CCNC(=O)C(c2ccccc2)c2ccccc2)co1. The van der Waals surface area contributed by atoms with Crippen molar-refractivity contribution in [2.24, 2.45) is 0 Å². The Labute approximate surface area is 141 Å². The lowest BCUT2D eigenvalue weighted by atomic mass is 9.90. The summed E-state index contributed by atoms with van der Waals surface area (Å²) in [6, 6.07) is 19.7. The molecule has 0 spiro atoms. The van der Waals surface area contributed by atoms with Crippen LogP contribution in [0.4, 0.5) is 0 Å². The molecule has 2 aromatic carbocycles. The number of hydrogen-bond acceptors (Lipinski definition) is 3. The highest BCUT2D eigenvalue weighted by molar-refractivity contribution is 5.87. The minimum absolute atomic E-state index is 0.00684. The maximum atomic E-state index is 12.8. The monoisotopic (exact) mass is 320 g/mol. The number of nitrogens with zero attached hydrogens (tertiary/aromatic N) is 1. The number of aromatic nitrogens is 1. The van der Waals surface area contributed by atoms with Crippen LogP contribution in [0.25, 0.3) is 0 Å². The summed E-state index contributed by atoms with van der Waals surface area (Å²) in [5, 5.41) is 3.02. The Balaban J connectivity index is 1.72. The topological polar surface area (TPSA) is 55.1 Å². The summed E-state index contributed by atoms with van der Waals surface area (Å²) in [5.41, 5.74) is 2.82. The Morgan fingerprint density at radius 1 is 1.04 bits per heavy atom. The van der Waals surface area contributed by atoms with Gasteiger partial charge >= 0.3 is 0 Å². The average Bonchev–Trinajstić information content (AvgIpc) is 3.02. The maximum Gasteiger partial charge on any atom is 0.232 e. The quantitative estimate of drug-likeness (QED) is 0.756. The number of oxazole rings is 1. The fourth-order valence-electron chi connectivity index (χ4n) is 2.73. The number of amides is 1. The fourth-order valence-corrected chi connectivity index (χ4v) is 2.73. The molecule has 0 aliphatic rings. The minimum atomic E-state index is -0.313. The standard InChI is InChI=1S/C20H20N2O2/c1-15-22-18(14-24-15)12-13-21-20(23)19(16-8-4-2-5-9-16)17-10-6-3-7-11-17/h2-11,14,19H,12-13H2,1H3,(H,21,23). The molecular formula is C20H20N2O2. The average molecular weight is 320 g/mol. The van der Waals surface area contributed by atoms with Gasteiger partial charge < -0.3 is 9.73 Å². The first kappa shape index (κ1) is 16.0. The number of aryl methyl sites for hydroxylation is 1. The number of hydrogen-bond donors (Lipinski definition) is 1. The third-order valence-electron chi connectivity index (χ3n) is 3.87. The molecule has 0 saturated heterocycles. The van der Waals surface area contributed by atoms with Gasteiger partial charge in [-0.15, -0.1) is 0 Å². The number of benzene rings is 2. The van der Waals surface area contributed by atoms with Crippen LogP contribution in [-0.4, -0.2) is 17.4 Å². The first-order valence-electron chi connectivity index (χ1n) is 8.02. The number of rotatable bonds is 6. The summed E-state index contributed by atoms with van der Waals surface area (Å²) >= 11 is 0. The van der Waals surface area contributed by atoms with Crippen LogP contribution in [0.5, 0.6) is 0 Å². The Morgan fingerprint density at radius 3 is 2.12 bits per heavy atom. The molecule has 0 aliphatic heterocycles. The molecule has 1 aromatic heterocycles. The van der Waals surface area contributed by atoms with E-state index in [4.69, 9.17) is 4.42 Å². The van der Waals surface area contributed by atoms with E-state index >= 15 is 0 Å². The molecular weight excluding hydrogens is 300 g/mol. The zero-order chi connectivity index (χ0) is 16.8.